The van der Waals surface area contributed by atoms with Crippen molar-refractivity contribution in [2.24, 2.45) is 5.92 Å². The van der Waals surface area contributed by atoms with Crippen LogP contribution in [0.4, 0.5) is 0 Å². The van der Waals surface area contributed by atoms with Crippen molar-refractivity contribution in [1.29, 1.82) is 0 Å². The van der Waals surface area contributed by atoms with Crippen molar-refractivity contribution in [2.45, 2.75) is 27.2 Å². The summed E-state index contributed by atoms with van der Waals surface area (Å²) in [7, 11) is -3.27. The summed E-state index contributed by atoms with van der Waals surface area (Å²) in [5.74, 6) is -0.444. The van der Waals surface area contributed by atoms with Gasteiger partial charge in [-0.25, -0.2) is 8.42 Å². The van der Waals surface area contributed by atoms with Gasteiger partial charge in [-0.1, -0.05) is 20.3 Å². The van der Waals surface area contributed by atoms with Gasteiger partial charge in [0.1, 0.15) is 5.75 Å². The second-order valence-corrected chi connectivity index (χ2v) is 7.80. The molecule has 3 nitrogen and oxygen atoms in total. The van der Waals surface area contributed by atoms with Crippen LogP contribution in [-0.4, -0.2) is 25.7 Å². The molecule has 0 saturated carbocycles. The zero-order valence-corrected chi connectivity index (χ0v) is 12.0. The minimum atomic E-state index is -3.27. The number of hydrogen-bond acceptors (Lipinski definition) is 4. The van der Waals surface area contributed by atoms with Crippen LogP contribution in [0, 0.1) is 12.8 Å². The molecular formula is C12H18O3S2. The van der Waals surface area contributed by atoms with Gasteiger partial charge >= 0.3 is 0 Å². The van der Waals surface area contributed by atoms with Gasteiger partial charge in [-0.2, -0.15) is 0 Å². The molecule has 0 aliphatic heterocycles. The van der Waals surface area contributed by atoms with Gasteiger partial charge in [0.2, 0.25) is 0 Å². The first-order valence-corrected chi connectivity index (χ1v) is 8.28. The van der Waals surface area contributed by atoms with Crippen molar-refractivity contribution in [1.82, 2.24) is 0 Å². The van der Waals surface area contributed by atoms with E-state index >= 15 is 0 Å². The lowest BCUT2D eigenvalue weighted by molar-refractivity contribution is 0.102. The highest BCUT2D eigenvalue weighted by molar-refractivity contribution is 7.92. The van der Waals surface area contributed by atoms with E-state index in [1.54, 1.807) is 6.07 Å². The number of sulfone groups is 1. The lowest BCUT2D eigenvalue weighted by Crippen LogP contribution is -2.21. The maximum atomic E-state index is 11.8. The fraction of sp³-hybridized carbons (Fsp3) is 0.583. The molecule has 1 unspecified atom stereocenters. The first-order chi connectivity index (χ1) is 7.84. The molecule has 0 N–H and O–H groups in total. The minimum Gasteiger partial charge on any atom is -0.292 e. The monoisotopic (exact) mass is 274 g/mol. The SMILES string of the molecule is CCC(C)CS(=O)(=O)CC(=O)c1ccc(C)s1. The van der Waals surface area contributed by atoms with Gasteiger partial charge in [0.05, 0.1) is 10.6 Å². The van der Waals surface area contributed by atoms with Crippen molar-refractivity contribution >= 4 is 27.0 Å². The topological polar surface area (TPSA) is 51.2 Å². The molecule has 0 radical (unpaired) electrons. The second kappa shape index (κ2) is 5.78. The average molecular weight is 274 g/mol. The van der Waals surface area contributed by atoms with Gasteiger partial charge < -0.3 is 0 Å². The molecule has 0 fully saturated rings. The Kier molecular flexibility index (Phi) is 4.89. The Morgan fingerprint density at radius 3 is 2.53 bits per heavy atom. The standard InChI is InChI=1S/C12H18O3S2/c1-4-9(2)7-17(14,15)8-11(13)12-6-5-10(3)16-12/h5-6,9H,4,7-8H2,1-3H3. The number of thiophene rings is 1. The van der Waals surface area contributed by atoms with E-state index in [2.05, 4.69) is 0 Å². The van der Waals surface area contributed by atoms with E-state index in [-0.39, 0.29) is 23.2 Å². The van der Waals surface area contributed by atoms with Gasteiger partial charge in [0.15, 0.2) is 15.6 Å². The van der Waals surface area contributed by atoms with Crippen LogP contribution >= 0.6 is 11.3 Å². The number of carbonyl (C=O) groups excluding carboxylic acids is 1. The number of hydrogen-bond donors (Lipinski definition) is 0. The predicted octanol–water partition coefficient (Wildman–Crippen LogP) is 2.70. The van der Waals surface area contributed by atoms with Crippen LogP contribution in [0.5, 0.6) is 0 Å². The molecule has 1 heterocycles. The largest absolute Gasteiger partial charge is 0.292 e. The Balaban J connectivity index is 2.68. The highest BCUT2D eigenvalue weighted by Gasteiger charge is 2.21. The minimum absolute atomic E-state index is 0.0968. The average Bonchev–Trinajstić information content (AvgIpc) is 2.63. The van der Waals surface area contributed by atoms with E-state index in [4.69, 9.17) is 0 Å². The lowest BCUT2D eigenvalue weighted by Gasteiger charge is -2.08. The number of ketones is 1. The number of aryl methyl sites for hydroxylation is 1. The van der Waals surface area contributed by atoms with Crippen LogP contribution in [0.1, 0.15) is 34.8 Å². The predicted molar refractivity (Wildman–Crippen MR) is 71.5 cm³/mol. The van der Waals surface area contributed by atoms with E-state index in [9.17, 15) is 13.2 Å². The van der Waals surface area contributed by atoms with E-state index in [1.807, 2.05) is 26.8 Å². The fourth-order valence-corrected chi connectivity index (χ4v) is 4.14. The quantitative estimate of drug-likeness (QED) is 0.749. The highest BCUT2D eigenvalue weighted by atomic mass is 32.2. The molecule has 0 aromatic carbocycles. The number of carbonyl (C=O) groups is 1. The Morgan fingerprint density at radius 1 is 1.41 bits per heavy atom. The summed E-state index contributed by atoms with van der Waals surface area (Å²) in [5.41, 5.74) is 0. The molecule has 0 spiro atoms. The third-order valence-corrected chi connectivity index (χ3v) is 5.42. The number of rotatable bonds is 6. The van der Waals surface area contributed by atoms with E-state index < -0.39 is 9.84 Å². The van der Waals surface area contributed by atoms with Crippen LogP contribution in [0.25, 0.3) is 0 Å². The summed E-state index contributed by atoms with van der Waals surface area (Å²) in [6.07, 6.45) is 0.811. The Labute approximate surface area is 107 Å². The molecule has 0 bridgehead atoms. The van der Waals surface area contributed by atoms with E-state index in [0.29, 0.717) is 4.88 Å². The van der Waals surface area contributed by atoms with Gasteiger partial charge in [0.25, 0.3) is 0 Å². The molecule has 1 aromatic heterocycles. The summed E-state index contributed by atoms with van der Waals surface area (Å²) >= 11 is 1.35. The molecule has 96 valence electrons. The van der Waals surface area contributed by atoms with E-state index in [0.717, 1.165) is 11.3 Å². The summed E-state index contributed by atoms with van der Waals surface area (Å²) in [4.78, 5) is 13.3. The second-order valence-electron chi connectivity index (χ2n) is 4.40. The van der Waals surface area contributed by atoms with Gasteiger partial charge in [-0.15, -0.1) is 11.3 Å². The molecule has 0 saturated heterocycles. The highest BCUT2D eigenvalue weighted by Crippen LogP contribution is 2.17. The molecule has 1 aromatic rings. The van der Waals surface area contributed by atoms with Crippen molar-refractivity contribution < 1.29 is 13.2 Å². The molecule has 1 rings (SSSR count). The van der Waals surface area contributed by atoms with Crippen molar-refractivity contribution in [2.75, 3.05) is 11.5 Å². The molecule has 0 aliphatic rings. The third-order valence-electron chi connectivity index (χ3n) is 2.60. The maximum Gasteiger partial charge on any atom is 0.187 e. The summed E-state index contributed by atoms with van der Waals surface area (Å²) in [5, 5.41) is 0. The van der Waals surface area contributed by atoms with E-state index in [1.165, 1.54) is 11.3 Å². The molecule has 17 heavy (non-hydrogen) atoms. The number of Topliss-reactive ketones (excluding diaryl/α,β-unsaturated/α-hetero) is 1. The first kappa shape index (κ1) is 14.4. The zero-order chi connectivity index (χ0) is 13.1. The maximum absolute atomic E-state index is 11.8. The Hall–Kier alpha value is -0.680. The van der Waals surface area contributed by atoms with Gasteiger partial charge in [-0.05, 0) is 25.0 Å². The van der Waals surface area contributed by atoms with Gasteiger partial charge in [-0.3, -0.25) is 4.79 Å². The van der Waals surface area contributed by atoms with Crippen LogP contribution in [0.2, 0.25) is 0 Å². The first-order valence-electron chi connectivity index (χ1n) is 5.64. The Bertz CT molecular complexity index is 486. The molecule has 1 atom stereocenters. The third kappa shape index (κ3) is 4.60. The smallest absolute Gasteiger partial charge is 0.187 e. The van der Waals surface area contributed by atoms with Crippen molar-refractivity contribution in [3.8, 4) is 0 Å². The van der Waals surface area contributed by atoms with Crippen LogP contribution in [0.15, 0.2) is 12.1 Å². The van der Waals surface area contributed by atoms with Gasteiger partial charge in [0, 0.05) is 4.88 Å². The summed E-state index contributed by atoms with van der Waals surface area (Å²) in [6.45, 7) is 5.73. The molecular weight excluding hydrogens is 256 g/mol. The van der Waals surface area contributed by atoms with Crippen molar-refractivity contribution in [3.63, 3.8) is 0 Å². The zero-order valence-electron chi connectivity index (χ0n) is 10.4. The normalized spacial score (nSPS) is 13.6. The molecule has 0 aliphatic carbocycles. The Morgan fingerprint density at radius 2 is 2.06 bits per heavy atom. The van der Waals surface area contributed by atoms with Crippen LogP contribution < -0.4 is 0 Å². The molecule has 0 amide bonds. The molecule has 5 heteroatoms. The van der Waals surface area contributed by atoms with Crippen molar-refractivity contribution in [3.05, 3.63) is 21.9 Å². The fourth-order valence-electron chi connectivity index (χ4n) is 1.47. The van der Waals surface area contributed by atoms with Crippen LogP contribution in [-0.2, 0) is 9.84 Å². The summed E-state index contributed by atoms with van der Waals surface area (Å²) < 4.78 is 23.5. The summed E-state index contributed by atoms with van der Waals surface area (Å²) in [6, 6.07) is 3.53. The van der Waals surface area contributed by atoms with Crippen LogP contribution in [0.3, 0.4) is 0 Å². The lowest BCUT2D eigenvalue weighted by atomic mass is 10.2.